The number of alkyl halides is 3. The zero-order chi connectivity index (χ0) is 19.6. The Labute approximate surface area is 143 Å². The number of aliphatic hydroxyl groups is 1. The van der Waals surface area contributed by atoms with Gasteiger partial charge in [0.25, 0.3) is 0 Å². The molecule has 1 aromatic rings. The summed E-state index contributed by atoms with van der Waals surface area (Å²) in [4.78, 5) is 15.7. The monoisotopic (exact) mass is 381 g/mol. The normalized spacial score (nSPS) is 16.0. The SMILES string of the molecule is CCOC(=O)/C(C=NC1CC1)=C(\O)c1c(C(F)(F)F)cc(F)c(F)c1F. The third kappa shape index (κ3) is 4.17. The fourth-order valence-electron chi connectivity index (χ4n) is 2.01. The molecule has 142 valence electrons. The van der Waals surface area contributed by atoms with E-state index in [-0.39, 0.29) is 18.7 Å². The van der Waals surface area contributed by atoms with Crippen molar-refractivity contribution in [3.8, 4) is 0 Å². The minimum atomic E-state index is -5.33. The molecule has 4 nitrogen and oxygen atoms in total. The van der Waals surface area contributed by atoms with Crippen LogP contribution in [0.2, 0.25) is 0 Å². The topological polar surface area (TPSA) is 58.9 Å². The number of nitrogens with zero attached hydrogens (tertiary/aromatic N) is 1. The van der Waals surface area contributed by atoms with Gasteiger partial charge in [-0.15, -0.1) is 0 Å². The van der Waals surface area contributed by atoms with Crippen molar-refractivity contribution in [2.24, 2.45) is 4.99 Å². The van der Waals surface area contributed by atoms with Crippen molar-refractivity contribution in [3.05, 3.63) is 40.2 Å². The molecular formula is C16H13F6NO3. The van der Waals surface area contributed by atoms with Gasteiger partial charge in [0.1, 0.15) is 11.3 Å². The lowest BCUT2D eigenvalue weighted by Gasteiger charge is -2.15. The molecule has 1 aliphatic rings. The fraction of sp³-hybridized carbons (Fsp3) is 0.375. The molecule has 0 amide bonds. The molecule has 0 aromatic heterocycles. The number of carbonyl (C=O) groups is 1. The van der Waals surface area contributed by atoms with Crippen LogP contribution < -0.4 is 0 Å². The van der Waals surface area contributed by atoms with E-state index in [2.05, 4.69) is 9.73 Å². The van der Waals surface area contributed by atoms with Gasteiger partial charge in [-0.25, -0.2) is 18.0 Å². The summed E-state index contributed by atoms with van der Waals surface area (Å²) < 4.78 is 84.6. The predicted molar refractivity (Wildman–Crippen MR) is 79.0 cm³/mol. The number of rotatable bonds is 5. The Hall–Kier alpha value is -2.52. The van der Waals surface area contributed by atoms with Crippen molar-refractivity contribution in [1.82, 2.24) is 0 Å². The van der Waals surface area contributed by atoms with E-state index in [1.54, 1.807) is 0 Å². The molecule has 1 aromatic carbocycles. The third-order valence-electron chi connectivity index (χ3n) is 3.42. The zero-order valence-corrected chi connectivity index (χ0v) is 13.3. The van der Waals surface area contributed by atoms with Crippen LogP contribution in [-0.4, -0.2) is 29.9 Å². The van der Waals surface area contributed by atoms with Gasteiger partial charge in [0, 0.05) is 6.21 Å². The van der Waals surface area contributed by atoms with Gasteiger partial charge in [-0.1, -0.05) is 0 Å². The molecule has 1 saturated carbocycles. The average Bonchev–Trinajstić information content (AvgIpc) is 3.36. The first-order valence-corrected chi connectivity index (χ1v) is 7.46. The predicted octanol–water partition coefficient (Wildman–Crippen LogP) is 4.19. The smallest absolute Gasteiger partial charge is 0.417 e. The number of ether oxygens (including phenoxy) is 1. The van der Waals surface area contributed by atoms with Crippen LogP contribution >= 0.6 is 0 Å². The van der Waals surface area contributed by atoms with Gasteiger partial charge in [0.05, 0.1) is 23.8 Å². The largest absolute Gasteiger partial charge is 0.506 e. The Balaban J connectivity index is 2.72. The van der Waals surface area contributed by atoms with Crippen LogP contribution in [0.1, 0.15) is 30.9 Å². The van der Waals surface area contributed by atoms with E-state index in [1.807, 2.05) is 0 Å². The average molecular weight is 381 g/mol. The minimum absolute atomic E-state index is 0.191. The van der Waals surface area contributed by atoms with Crippen molar-refractivity contribution in [2.75, 3.05) is 6.61 Å². The van der Waals surface area contributed by atoms with Crippen molar-refractivity contribution in [1.29, 1.82) is 0 Å². The molecule has 0 spiro atoms. The summed E-state index contributed by atoms with van der Waals surface area (Å²) in [6.07, 6.45) is -3.25. The summed E-state index contributed by atoms with van der Waals surface area (Å²) in [5.41, 5.74) is -4.57. The Kier molecular flexibility index (Phi) is 5.62. The fourth-order valence-corrected chi connectivity index (χ4v) is 2.01. The molecule has 0 saturated heterocycles. The van der Waals surface area contributed by atoms with Crippen LogP contribution in [0.3, 0.4) is 0 Å². The Morgan fingerprint density at radius 2 is 1.92 bits per heavy atom. The molecule has 1 fully saturated rings. The summed E-state index contributed by atoms with van der Waals surface area (Å²) in [6.45, 7) is 1.20. The van der Waals surface area contributed by atoms with E-state index in [4.69, 9.17) is 0 Å². The molecule has 1 N–H and O–H groups in total. The lowest BCUT2D eigenvalue weighted by atomic mass is 10.0. The lowest BCUT2D eigenvalue weighted by Crippen LogP contribution is -2.17. The van der Waals surface area contributed by atoms with Crippen LogP contribution in [0.5, 0.6) is 0 Å². The van der Waals surface area contributed by atoms with E-state index >= 15 is 0 Å². The van der Waals surface area contributed by atoms with E-state index in [1.165, 1.54) is 6.92 Å². The van der Waals surface area contributed by atoms with Gasteiger partial charge >= 0.3 is 12.1 Å². The van der Waals surface area contributed by atoms with E-state index in [9.17, 15) is 36.2 Å². The molecular weight excluding hydrogens is 368 g/mol. The Bertz CT molecular complexity index is 781. The van der Waals surface area contributed by atoms with Crippen LogP contribution in [0.25, 0.3) is 5.76 Å². The lowest BCUT2D eigenvalue weighted by molar-refractivity contribution is -0.139. The van der Waals surface area contributed by atoms with Crippen molar-refractivity contribution in [3.63, 3.8) is 0 Å². The number of benzene rings is 1. The van der Waals surface area contributed by atoms with Gasteiger partial charge in [0.2, 0.25) is 0 Å². The number of carbonyl (C=O) groups excluding carboxylic acids is 1. The summed E-state index contributed by atoms with van der Waals surface area (Å²) in [6, 6.07) is -0.491. The highest BCUT2D eigenvalue weighted by molar-refractivity contribution is 6.15. The van der Waals surface area contributed by atoms with E-state index < -0.39 is 52.1 Å². The second-order valence-electron chi connectivity index (χ2n) is 5.40. The van der Waals surface area contributed by atoms with Gasteiger partial charge < -0.3 is 9.84 Å². The van der Waals surface area contributed by atoms with Crippen LogP contribution in [0, 0.1) is 17.5 Å². The zero-order valence-electron chi connectivity index (χ0n) is 13.3. The summed E-state index contributed by atoms with van der Waals surface area (Å²) in [5, 5.41) is 10.1. The molecule has 0 bridgehead atoms. The highest BCUT2D eigenvalue weighted by Crippen LogP contribution is 2.38. The van der Waals surface area contributed by atoms with Gasteiger partial charge in [-0.05, 0) is 25.8 Å². The highest BCUT2D eigenvalue weighted by Gasteiger charge is 2.39. The number of aliphatic hydroxyl groups excluding tert-OH is 1. The number of halogens is 6. The first-order valence-electron chi connectivity index (χ1n) is 7.46. The van der Waals surface area contributed by atoms with Crippen molar-refractivity contribution >= 4 is 17.9 Å². The van der Waals surface area contributed by atoms with E-state index in [0.717, 1.165) is 6.21 Å². The standard InChI is InChI=1S/C16H13F6NO3/c1-2-26-15(25)8(6-23-7-3-4-7)14(24)11-9(16(20,21)22)5-10(17)12(18)13(11)19/h5-7,24H,2-4H2,1H3/b14-8-,23-6?. The first kappa shape index (κ1) is 19.8. The van der Waals surface area contributed by atoms with E-state index in [0.29, 0.717) is 12.8 Å². The third-order valence-corrected chi connectivity index (χ3v) is 3.42. The van der Waals surface area contributed by atoms with Gasteiger partial charge in [-0.2, -0.15) is 13.2 Å². The number of hydrogen-bond donors (Lipinski definition) is 1. The minimum Gasteiger partial charge on any atom is -0.506 e. The summed E-state index contributed by atoms with van der Waals surface area (Å²) in [5.74, 6) is -9.42. The number of aliphatic imine (C=N–C) groups is 1. The van der Waals surface area contributed by atoms with Crippen LogP contribution in [-0.2, 0) is 15.7 Å². The molecule has 26 heavy (non-hydrogen) atoms. The Morgan fingerprint density at radius 1 is 1.31 bits per heavy atom. The maximum Gasteiger partial charge on any atom is 0.417 e. The van der Waals surface area contributed by atoms with Crippen LogP contribution in [0.4, 0.5) is 26.3 Å². The maximum atomic E-state index is 14.0. The van der Waals surface area contributed by atoms with Crippen LogP contribution in [0.15, 0.2) is 16.6 Å². The summed E-state index contributed by atoms with van der Waals surface area (Å²) in [7, 11) is 0. The van der Waals surface area contributed by atoms with Gasteiger partial charge in [0.15, 0.2) is 17.5 Å². The Morgan fingerprint density at radius 3 is 2.42 bits per heavy atom. The van der Waals surface area contributed by atoms with Gasteiger partial charge in [-0.3, -0.25) is 4.99 Å². The molecule has 0 aliphatic heterocycles. The maximum absolute atomic E-state index is 14.0. The summed E-state index contributed by atoms with van der Waals surface area (Å²) >= 11 is 0. The van der Waals surface area contributed by atoms with Crippen molar-refractivity contribution in [2.45, 2.75) is 32.0 Å². The molecule has 0 heterocycles. The molecule has 2 rings (SSSR count). The molecule has 0 radical (unpaired) electrons. The molecule has 10 heteroatoms. The highest BCUT2D eigenvalue weighted by atomic mass is 19.4. The number of hydrogen-bond acceptors (Lipinski definition) is 4. The second kappa shape index (κ2) is 7.38. The first-order chi connectivity index (χ1) is 12.1. The van der Waals surface area contributed by atoms with Crippen molar-refractivity contribution < 1.29 is 41.0 Å². The molecule has 0 atom stereocenters. The molecule has 0 unspecified atom stereocenters. The second-order valence-corrected chi connectivity index (χ2v) is 5.40. The quantitative estimate of drug-likeness (QED) is 0.208. The number of esters is 1. The molecule has 1 aliphatic carbocycles.